The fraction of sp³-hybridized carbons (Fsp3) is 0.360. The van der Waals surface area contributed by atoms with Crippen LogP contribution in [0.1, 0.15) is 25.3 Å². The van der Waals surface area contributed by atoms with Gasteiger partial charge in [-0.15, -0.1) is 0 Å². The number of aromatic nitrogens is 2. The van der Waals surface area contributed by atoms with Gasteiger partial charge < -0.3 is 19.7 Å². The van der Waals surface area contributed by atoms with Gasteiger partial charge in [-0.05, 0) is 31.9 Å². The Hall–Kier alpha value is -3.32. The third kappa shape index (κ3) is 5.11. The van der Waals surface area contributed by atoms with E-state index < -0.39 is 0 Å². The highest BCUT2D eigenvalue weighted by atomic mass is 16.5. The summed E-state index contributed by atoms with van der Waals surface area (Å²) < 4.78 is 13.8. The van der Waals surface area contributed by atoms with Gasteiger partial charge in [-0.1, -0.05) is 48.5 Å². The van der Waals surface area contributed by atoms with Gasteiger partial charge in [-0.25, -0.2) is 9.48 Å². The van der Waals surface area contributed by atoms with E-state index in [1.165, 1.54) is 0 Å². The Kier molecular flexibility index (Phi) is 7.07. The molecule has 1 N–H and O–H groups in total. The maximum absolute atomic E-state index is 13.0. The number of carbonyl (C=O) groups is 1. The first kappa shape index (κ1) is 21.9. The second kappa shape index (κ2) is 10.3. The first-order valence-corrected chi connectivity index (χ1v) is 11.1. The fourth-order valence-electron chi connectivity index (χ4n) is 3.96. The minimum atomic E-state index is -0.114. The standard InChI is InChI=1S/C25H30N4O3/c1-3-26-25(30)29(17-21-15-10-16-31-21)18-22-23(19-11-6-4-7-12-19)27-28(2)24(22)32-20-13-8-5-9-14-20/h4-9,11-14,21H,3,10,15-18H2,1-2H3,(H,26,30)/t21-/m1/s1. The first-order valence-electron chi connectivity index (χ1n) is 11.1. The largest absolute Gasteiger partial charge is 0.439 e. The van der Waals surface area contributed by atoms with Crippen LogP contribution < -0.4 is 10.1 Å². The molecule has 4 rings (SSSR count). The van der Waals surface area contributed by atoms with Gasteiger partial charge in [0, 0.05) is 32.3 Å². The van der Waals surface area contributed by atoms with Crippen molar-refractivity contribution in [3.05, 3.63) is 66.2 Å². The topological polar surface area (TPSA) is 68.6 Å². The maximum Gasteiger partial charge on any atom is 0.317 e. The monoisotopic (exact) mass is 434 g/mol. The molecule has 2 aromatic carbocycles. The Balaban J connectivity index is 1.72. The van der Waals surface area contributed by atoms with Crippen LogP contribution in [0, 0.1) is 0 Å². The smallest absolute Gasteiger partial charge is 0.317 e. The number of ether oxygens (including phenoxy) is 2. The maximum atomic E-state index is 13.0. The van der Waals surface area contributed by atoms with E-state index in [0.29, 0.717) is 25.5 Å². The van der Waals surface area contributed by atoms with Crippen LogP contribution in [0.2, 0.25) is 0 Å². The van der Waals surface area contributed by atoms with E-state index in [9.17, 15) is 4.79 Å². The summed E-state index contributed by atoms with van der Waals surface area (Å²) in [6.07, 6.45) is 2.04. The van der Waals surface area contributed by atoms with E-state index in [1.807, 2.05) is 74.6 Å². The second-order valence-electron chi connectivity index (χ2n) is 7.89. The van der Waals surface area contributed by atoms with Crippen LogP contribution in [0.25, 0.3) is 11.3 Å². The van der Waals surface area contributed by atoms with Crippen LogP contribution in [0.4, 0.5) is 4.79 Å². The molecule has 1 aliphatic heterocycles. The molecule has 168 valence electrons. The molecule has 32 heavy (non-hydrogen) atoms. The lowest BCUT2D eigenvalue weighted by Crippen LogP contribution is -2.43. The molecule has 0 spiro atoms. The zero-order valence-corrected chi connectivity index (χ0v) is 18.7. The molecule has 0 aliphatic carbocycles. The van der Waals surface area contributed by atoms with Crippen molar-refractivity contribution in [2.45, 2.75) is 32.4 Å². The van der Waals surface area contributed by atoms with Gasteiger partial charge >= 0.3 is 6.03 Å². The summed E-state index contributed by atoms with van der Waals surface area (Å²) in [6, 6.07) is 19.5. The zero-order valence-electron chi connectivity index (χ0n) is 18.7. The lowest BCUT2D eigenvalue weighted by Gasteiger charge is -2.26. The number of rotatable bonds is 8. The summed E-state index contributed by atoms with van der Waals surface area (Å²) in [7, 11) is 1.87. The predicted molar refractivity (Wildman–Crippen MR) is 124 cm³/mol. The number of aryl methyl sites for hydroxylation is 1. The lowest BCUT2D eigenvalue weighted by molar-refractivity contribution is 0.0794. The van der Waals surface area contributed by atoms with Crippen molar-refractivity contribution in [1.29, 1.82) is 0 Å². The molecule has 2 heterocycles. The molecule has 1 fully saturated rings. The van der Waals surface area contributed by atoms with Crippen molar-refractivity contribution >= 4 is 6.03 Å². The zero-order chi connectivity index (χ0) is 22.3. The van der Waals surface area contributed by atoms with Gasteiger partial charge in [0.25, 0.3) is 0 Å². The average Bonchev–Trinajstić information content (AvgIpc) is 3.43. The summed E-state index contributed by atoms with van der Waals surface area (Å²) in [5, 5.41) is 7.71. The molecule has 1 atom stereocenters. The number of carbonyl (C=O) groups excluding carboxylic acids is 1. The van der Waals surface area contributed by atoms with Crippen molar-refractivity contribution in [3.8, 4) is 22.9 Å². The number of benzene rings is 2. The number of para-hydroxylation sites is 1. The molecule has 1 aromatic heterocycles. The van der Waals surface area contributed by atoms with Gasteiger partial charge in [-0.3, -0.25) is 0 Å². The molecular weight excluding hydrogens is 404 g/mol. The normalized spacial score (nSPS) is 15.5. The molecule has 0 saturated carbocycles. The average molecular weight is 435 g/mol. The Bertz CT molecular complexity index is 1010. The lowest BCUT2D eigenvalue weighted by atomic mass is 10.1. The Morgan fingerprint density at radius 2 is 1.91 bits per heavy atom. The van der Waals surface area contributed by atoms with E-state index >= 15 is 0 Å². The van der Waals surface area contributed by atoms with Crippen molar-refractivity contribution in [3.63, 3.8) is 0 Å². The molecule has 3 aromatic rings. The molecule has 0 unspecified atom stereocenters. The van der Waals surface area contributed by atoms with Gasteiger partial charge in [0.2, 0.25) is 5.88 Å². The molecular formula is C25H30N4O3. The Morgan fingerprint density at radius 1 is 1.19 bits per heavy atom. The minimum absolute atomic E-state index is 0.0490. The molecule has 7 nitrogen and oxygen atoms in total. The van der Waals surface area contributed by atoms with Crippen LogP contribution >= 0.6 is 0 Å². The summed E-state index contributed by atoms with van der Waals surface area (Å²) in [5.74, 6) is 1.34. The van der Waals surface area contributed by atoms with E-state index in [-0.39, 0.29) is 12.1 Å². The summed E-state index contributed by atoms with van der Waals surface area (Å²) in [6.45, 7) is 4.13. The summed E-state index contributed by atoms with van der Waals surface area (Å²) in [5.41, 5.74) is 2.65. The number of amides is 2. The number of urea groups is 1. The van der Waals surface area contributed by atoms with Crippen LogP contribution in [0.15, 0.2) is 60.7 Å². The van der Waals surface area contributed by atoms with E-state index in [2.05, 4.69) is 5.32 Å². The van der Waals surface area contributed by atoms with E-state index in [4.69, 9.17) is 14.6 Å². The third-order valence-corrected chi connectivity index (χ3v) is 5.51. The number of hydrogen-bond acceptors (Lipinski definition) is 4. The summed E-state index contributed by atoms with van der Waals surface area (Å²) >= 11 is 0. The quantitative estimate of drug-likeness (QED) is 0.563. The molecule has 1 aliphatic rings. The molecule has 0 bridgehead atoms. The van der Waals surface area contributed by atoms with Crippen LogP contribution in [0.3, 0.4) is 0 Å². The number of nitrogens with one attached hydrogen (secondary N) is 1. The minimum Gasteiger partial charge on any atom is -0.439 e. The number of nitrogens with zero attached hydrogens (tertiary/aromatic N) is 3. The van der Waals surface area contributed by atoms with Crippen LogP contribution in [-0.2, 0) is 18.3 Å². The van der Waals surface area contributed by atoms with E-state index in [0.717, 1.165) is 42.0 Å². The van der Waals surface area contributed by atoms with Gasteiger partial charge in [-0.2, -0.15) is 5.10 Å². The van der Waals surface area contributed by atoms with Gasteiger partial charge in [0.05, 0.1) is 18.2 Å². The van der Waals surface area contributed by atoms with Gasteiger partial charge in [0.15, 0.2) is 0 Å². The van der Waals surface area contributed by atoms with Crippen LogP contribution in [-0.4, -0.2) is 46.5 Å². The molecule has 0 radical (unpaired) electrons. The number of hydrogen-bond donors (Lipinski definition) is 1. The SMILES string of the molecule is CCNC(=O)N(Cc1c(-c2ccccc2)nn(C)c1Oc1ccccc1)C[C@H]1CCCO1. The van der Waals surface area contributed by atoms with E-state index in [1.54, 1.807) is 9.58 Å². The Labute approximate surface area is 188 Å². The van der Waals surface area contributed by atoms with Crippen molar-refractivity contribution in [2.75, 3.05) is 19.7 Å². The molecule has 7 heteroatoms. The van der Waals surface area contributed by atoms with Crippen molar-refractivity contribution in [1.82, 2.24) is 20.0 Å². The third-order valence-electron chi connectivity index (χ3n) is 5.51. The fourth-order valence-corrected chi connectivity index (χ4v) is 3.96. The summed E-state index contributed by atoms with van der Waals surface area (Å²) in [4.78, 5) is 14.8. The van der Waals surface area contributed by atoms with Crippen molar-refractivity contribution in [2.24, 2.45) is 7.05 Å². The second-order valence-corrected chi connectivity index (χ2v) is 7.89. The Morgan fingerprint density at radius 3 is 2.56 bits per heavy atom. The highest BCUT2D eigenvalue weighted by Gasteiger charge is 2.27. The molecule has 1 saturated heterocycles. The highest BCUT2D eigenvalue weighted by molar-refractivity contribution is 5.75. The van der Waals surface area contributed by atoms with Crippen molar-refractivity contribution < 1.29 is 14.3 Å². The molecule has 2 amide bonds. The first-order chi connectivity index (χ1) is 15.7. The van der Waals surface area contributed by atoms with Gasteiger partial charge in [0.1, 0.15) is 11.4 Å². The highest BCUT2D eigenvalue weighted by Crippen LogP contribution is 2.34. The predicted octanol–water partition coefficient (Wildman–Crippen LogP) is 4.59. The van der Waals surface area contributed by atoms with Crippen LogP contribution in [0.5, 0.6) is 11.6 Å².